The van der Waals surface area contributed by atoms with Crippen LogP contribution in [0.4, 0.5) is 0 Å². The Balaban J connectivity index is 1.45. The summed E-state index contributed by atoms with van der Waals surface area (Å²) in [6, 6.07) is 4.86. The Hall–Kier alpha value is -2.28. The fraction of sp³-hybridized carbons (Fsp3) is 0.579. The monoisotopic (exact) mass is 354 g/mol. The summed E-state index contributed by atoms with van der Waals surface area (Å²) in [5.41, 5.74) is 2.55. The van der Waals surface area contributed by atoms with Crippen LogP contribution in [0.2, 0.25) is 0 Å². The molecular formula is C19H26N6O. The molecule has 0 radical (unpaired) electrons. The summed E-state index contributed by atoms with van der Waals surface area (Å²) in [6.45, 7) is 10.6. The second-order valence-electron chi connectivity index (χ2n) is 7.82. The van der Waals surface area contributed by atoms with Gasteiger partial charge in [0.1, 0.15) is 17.8 Å². The maximum Gasteiger partial charge on any atom is 0.272 e. The minimum atomic E-state index is 0.0642. The quantitative estimate of drug-likeness (QED) is 0.840. The van der Waals surface area contributed by atoms with Gasteiger partial charge in [-0.05, 0) is 51.8 Å². The third-order valence-electron chi connectivity index (χ3n) is 5.41. The van der Waals surface area contributed by atoms with E-state index in [1.807, 2.05) is 35.6 Å². The number of aromatic nitrogens is 4. The van der Waals surface area contributed by atoms with Crippen molar-refractivity contribution >= 4 is 5.91 Å². The van der Waals surface area contributed by atoms with Gasteiger partial charge in [0.05, 0.1) is 6.54 Å². The molecule has 2 aromatic heterocycles. The first-order valence-electron chi connectivity index (χ1n) is 9.31. The van der Waals surface area contributed by atoms with Gasteiger partial charge in [0.15, 0.2) is 0 Å². The molecule has 4 heterocycles. The zero-order valence-corrected chi connectivity index (χ0v) is 15.9. The van der Waals surface area contributed by atoms with E-state index in [-0.39, 0.29) is 11.9 Å². The maximum atomic E-state index is 12.9. The Labute approximate surface area is 154 Å². The Bertz CT molecular complexity index is 809. The molecule has 2 bridgehead atoms. The molecule has 2 aliphatic heterocycles. The van der Waals surface area contributed by atoms with Crippen LogP contribution < -0.4 is 0 Å². The van der Waals surface area contributed by atoms with Crippen LogP contribution in [-0.4, -0.2) is 60.6 Å². The van der Waals surface area contributed by atoms with Crippen molar-refractivity contribution in [1.29, 1.82) is 0 Å². The lowest BCUT2D eigenvalue weighted by Crippen LogP contribution is -2.48. The van der Waals surface area contributed by atoms with E-state index in [4.69, 9.17) is 0 Å². The summed E-state index contributed by atoms with van der Waals surface area (Å²) in [5, 5.41) is 4.33. The molecule has 0 N–H and O–H groups in total. The molecule has 26 heavy (non-hydrogen) atoms. The Morgan fingerprint density at radius 3 is 2.69 bits per heavy atom. The molecule has 0 unspecified atom stereocenters. The van der Waals surface area contributed by atoms with Crippen LogP contribution in [0.15, 0.2) is 18.5 Å². The molecule has 0 aliphatic carbocycles. The number of rotatable bonds is 4. The van der Waals surface area contributed by atoms with Gasteiger partial charge in [-0.1, -0.05) is 0 Å². The molecular weight excluding hydrogens is 328 g/mol. The van der Waals surface area contributed by atoms with Crippen molar-refractivity contribution < 1.29 is 4.79 Å². The minimum Gasteiger partial charge on any atom is -0.331 e. The molecule has 4 rings (SSSR count). The van der Waals surface area contributed by atoms with Gasteiger partial charge in [0.2, 0.25) is 0 Å². The van der Waals surface area contributed by atoms with Crippen molar-refractivity contribution in [2.45, 2.75) is 58.8 Å². The summed E-state index contributed by atoms with van der Waals surface area (Å²) in [4.78, 5) is 26.2. The van der Waals surface area contributed by atoms with E-state index in [0.717, 1.165) is 43.1 Å². The van der Waals surface area contributed by atoms with Gasteiger partial charge in [-0.25, -0.2) is 14.6 Å². The third-order valence-corrected chi connectivity index (χ3v) is 5.41. The largest absolute Gasteiger partial charge is 0.331 e. The molecule has 2 atom stereocenters. The van der Waals surface area contributed by atoms with Crippen LogP contribution in [0.3, 0.4) is 0 Å². The highest BCUT2D eigenvalue weighted by Crippen LogP contribution is 2.32. The normalized spacial score (nSPS) is 22.6. The van der Waals surface area contributed by atoms with Crippen molar-refractivity contribution in [2.75, 3.05) is 13.1 Å². The fourth-order valence-corrected chi connectivity index (χ4v) is 4.29. The number of pyridine rings is 1. The van der Waals surface area contributed by atoms with E-state index in [0.29, 0.717) is 17.8 Å². The lowest BCUT2D eigenvalue weighted by molar-refractivity contribution is 0.0605. The first-order chi connectivity index (χ1) is 12.4. The summed E-state index contributed by atoms with van der Waals surface area (Å²) < 4.78 is 1.98. The zero-order valence-electron chi connectivity index (χ0n) is 15.9. The van der Waals surface area contributed by atoms with E-state index < -0.39 is 0 Å². The molecule has 0 saturated carbocycles. The van der Waals surface area contributed by atoms with Crippen LogP contribution in [0.25, 0.3) is 0 Å². The van der Waals surface area contributed by atoms with Crippen LogP contribution in [-0.2, 0) is 6.54 Å². The van der Waals surface area contributed by atoms with E-state index in [2.05, 4.69) is 33.8 Å². The lowest BCUT2D eigenvalue weighted by Gasteiger charge is -2.34. The molecule has 1 amide bonds. The highest BCUT2D eigenvalue weighted by Gasteiger charge is 2.45. The minimum absolute atomic E-state index is 0.0642. The summed E-state index contributed by atoms with van der Waals surface area (Å²) in [6.07, 6.45) is 2.66. The van der Waals surface area contributed by atoms with Crippen LogP contribution >= 0.6 is 0 Å². The fourth-order valence-electron chi connectivity index (χ4n) is 4.29. The Morgan fingerprint density at radius 1 is 1.23 bits per heavy atom. The van der Waals surface area contributed by atoms with E-state index in [1.165, 1.54) is 0 Å². The molecule has 7 heteroatoms. The van der Waals surface area contributed by atoms with Gasteiger partial charge >= 0.3 is 0 Å². The number of hydrogen-bond acceptors (Lipinski definition) is 5. The van der Waals surface area contributed by atoms with Gasteiger partial charge in [0.25, 0.3) is 5.91 Å². The second kappa shape index (κ2) is 6.46. The Kier molecular flexibility index (Phi) is 4.26. The predicted octanol–water partition coefficient (Wildman–Crippen LogP) is 1.97. The first-order valence-corrected chi connectivity index (χ1v) is 9.31. The average molecular weight is 354 g/mol. The number of aryl methyl sites for hydroxylation is 2. The molecule has 0 spiro atoms. The van der Waals surface area contributed by atoms with Gasteiger partial charge < -0.3 is 4.90 Å². The van der Waals surface area contributed by atoms with Crippen LogP contribution in [0, 0.1) is 13.8 Å². The number of amides is 1. The molecule has 138 valence electrons. The van der Waals surface area contributed by atoms with Crippen LogP contribution in [0.5, 0.6) is 0 Å². The lowest BCUT2D eigenvalue weighted by atomic mass is 10.2. The summed E-state index contributed by atoms with van der Waals surface area (Å²) >= 11 is 0. The second-order valence-corrected chi connectivity index (χ2v) is 7.82. The standard InChI is InChI=1S/C19H26N6O/c1-12(2)25-18(20-11-21-25)10-23-8-16-7-15(23)9-24(16)19(26)17-6-13(3)5-14(4)22-17/h5-6,11-12,15-16H,7-10H2,1-4H3/t15-,16-/m0/s1. The summed E-state index contributed by atoms with van der Waals surface area (Å²) in [7, 11) is 0. The number of piperazine rings is 1. The third kappa shape index (κ3) is 3.00. The average Bonchev–Trinajstić information content (AvgIpc) is 3.28. The van der Waals surface area contributed by atoms with Gasteiger partial charge in [-0.2, -0.15) is 5.10 Å². The molecule has 2 aromatic rings. The highest BCUT2D eigenvalue weighted by molar-refractivity contribution is 5.93. The first kappa shape index (κ1) is 17.1. The van der Waals surface area contributed by atoms with Crippen molar-refractivity contribution in [3.63, 3.8) is 0 Å². The van der Waals surface area contributed by atoms with Crippen molar-refractivity contribution in [1.82, 2.24) is 29.5 Å². The Morgan fingerprint density at radius 2 is 2.04 bits per heavy atom. The van der Waals surface area contributed by atoms with E-state index in [9.17, 15) is 4.79 Å². The maximum absolute atomic E-state index is 12.9. The number of likely N-dealkylation sites (tertiary alicyclic amines) is 2. The van der Waals surface area contributed by atoms with Gasteiger partial charge in [0, 0.05) is 36.9 Å². The molecule has 2 aliphatic rings. The van der Waals surface area contributed by atoms with Crippen molar-refractivity contribution in [2.24, 2.45) is 0 Å². The molecule has 0 aromatic carbocycles. The van der Waals surface area contributed by atoms with Crippen molar-refractivity contribution in [3.8, 4) is 0 Å². The van der Waals surface area contributed by atoms with Gasteiger partial charge in [-0.3, -0.25) is 9.69 Å². The molecule has 2 saturated heterocycles. The predicted molar refractivity (Wildman–Crippen MR) is 97.8 cm³/mol. The number of nitrogens with zero attached hydrogens (tertiary/aromatic N) is 6. The topological polar surface area (TPSA) is 67.2 Å². The number of hydrogen-bond donors (Lipinski definition) is 0. The molecule has 7 nitrogen and oxygen atoms in total. The van der Waals surface area contributed by atoms with Crippen molar-refractivity contribution in [3.05, 3.63) is 41.2 Å². The zero-order chi connectivity index (χ0) is 18.4. The highest BCUT2D eigenvalue weighted by atomic mass is 16.2. The van der Waals surface area contributed by atoms with Crippen LogP contribution in [0.1, 0.15) is 53.9 Å². The number of carbonyl (C=O) groups excluding carboxylic acids is 1. The number of fused-ring (bicyclic) bond motifs is 2. The summed E-state index contributed by atoms with van der Waals surface area (Å²) in [5.74, 6) is 1.07. The number of carbonyl (C=O) groups is 1. The molecule has 2 fully saturated rings. The van der Waals surface area contributed by atoms with E-state index in [1.54, 1.807) is 6.33 Å². The smallest absolute Gasteiger partial charge is 0.272 e. The van der Waals surface area contributed by atoms with Gasteiger partial charge in [-0.15, -0.1) is 0 Å². The SMILES string of the molecule is Cc1cc(C)nc(C(=O)N2C[C@@H]3C[C@H]2CN3Cc2ncnn2C(C)C)c1. The van der Waals surface area contributed by atoms with E-state index >= 15 is 0 Å².